The number of aromatic nitrogens is 1. The number of likely N-dealkylation sites (tertiary alicyclic amines) is 1. The molecule has 0 amide bonds. The summed E-state index contributed by atoms with van der Waals surface area (Å²) in [6, 6.07) is 10.7. The third kappa shape index (κ3) is 3.62. The van der Waals surface area contributed by atoms with Gasteiger partial charge >= 0.3 is 0 Å². The van der Waals surface area contributed by atoms with Crippen LogP contribution in [0.15, 0.2) is 42.7 Å². The second kappa shape index (κ2) is 7.09. The minimum absolute atomic E-state index is 0.456. The number of nitrogens with zero attached hydrogens (tertiary/aromatic N) is 2. The molecule has 1 aromatic carbocycles. The maximum atomic E-state index is 5.67. The lowest BCUT2D eigenvalue weighted by molar-refractivity contribution is 0.171. The molecule has 4 rings (SSSR count). The molecular formula is C19H23N3O2. The summed E-state index contributed by atoms with van der Waals surface area (Å²) in [5, 5.41) is 3.65. The lowest BCUT2D eigenvalue weighted by Gasteiger charge is -2.33. The summed E-state index contributed by atoms with van der Waals surface area (Å²) in [6.07, 6.45) is 6.18. The monoisotopic (exact) mass is 325 g/mol. The highest BCUT2D eigenvalue weighted by Gasteiger charge is 2.20. The van der Waals surface area contributed by atoms with Crippen LogP contribution in [-0.2, 0) is 6.54 Å². The zero-order valence-electron chi connectivity index (χ0n) is 13.8. The van der Waals surface area contributed by atoms with Gasteiger partial charge in [0.2, 0.25) is 0 Å². The molecule has 0 radical (unpaired) electrons. The van der Waals surface area contributed by atoms with Crippen LogP contribution in [-0.4, -0.2) is 42.2 Å². The van der Waals surface area contributed by atoms with E-state index in [1.165, 1.54) is 18.4 Å². The van der Waals surface area contributed by atoms with Gasteiger partial charge in [-0.2, -0.15) is 0 Å². The fourth-order valence-corrected chi connectivity index (χ4v) is 3.44. The topological polar surface area (TPSA) is 46.6 Å². The van der Waals surface area contributed by atoms with Gasteiger partial charge in [-0.25, -0.2) is 0 Å². The molecule has 1 atom stereocenters. The molecule has 1 aromatic heterocycles. The fourth-order valence-electron chi connectivity index (χ4n) is 3.44. The van der Waals surface area contributed by atoms with Crippen molar-refractivity contribution in [3.63, 3.8) is 0 Å². The average molecular weight is 325 g/mol. The van der Waals surface area contributed by atoms with E-state index in [2.05, 4.69) is 33.4 Å². The Labute approximate surface area is 142 Å². The van der Waals surface area contributed by atoms with E-state index in [0.29, 0.717) is 19.3 Å². The van der Waals surface area contributed by atoms with Crippen LogP contribution in [0.5, 0.6) is 11.5 Å². The number of ether oxygens (including phenoxy) is 2. The van der Waals surface area contributed by atoms with Crippen molar-refractivity contribution in [1.29, 1.82) is 0 Å². The van der Waals surface area contributed by atoms with Gasteiger partial charge in [0.15, 0.2) is 11.5 Å². The molecule has 24 heavy (non-hydrogen) atoms. The first-order chi connectivity index (χ1) is 11.9. The largest absolute Gasteiger partial charge is 0.486 e. The van der Waals surface area contributed by atoms with E-state index in [9.17, 15) is 0 Å². The standard InChI is InChI=1S/C19H23N3O2/c1-3-15(12-20-7-1)13-22-8-2-4-17(14-22)21-16-5-6-18-19(11-16)24-10-9-23-18/h1,3,5-7,11-12,17,21H,2,4,8-10,13-14H2. The third-order valence-electron chi connectivity index (χ3n) is 4.55. The van der Waals surface area contributed by atoms with Crippen molar-refractivity contribution in [1.82, 2.24) is 9.88 Å². The van der Waals surface area contributed by atoms with Crippen LogP contribution >= 0.6 is 0 Å². The summed E-state index contributed by atoms with van der Waals surface area (Å²) in [6.45, 7) is 4.41. The molecule has 1 fully saturated rings. The molecule has 2 aromatic rings. The smallest absolute Gasteiger partial charge is 0.163 e. The number of nitrogens with one attached hydrogen (secondary N) is 1. The number of fused-ring (bicyclic) bond motifs is 1. The van der Waals surface area contributed by atoms with Gasteiger partial charge in [0.25, 0.3) is 0 Å². The Kier molecular flexibility index (Phi) is 4.51. The van der Waals surface area contributed by atoms with E-state index in [1.807, 2.05) is 24.5 Å². The lowest BCUT2D eigenvalue weighted by atomic mass is 10.0. The predicted octanol–water partition coefficient (Wildman–Crippen LogP) is 2.93. The van der Waals surface area contributed by atoms with Gasteiger partial charge < -0.3 is 14.8 Å². The number of benzene rings is 1. The van der Waals surface area contributed by atoms with Gasteiger partial charge in [0, 0.05) is 43.3 Å². The zero-order chi connectivity index (χ0) is 16.2. The molecule has 1 N–H and O–H groups in total. The summed E-state index contributed by atoms with van der Waals surface area (Å²) in [5.41, 5.74) is 2.38. The van der Waals surface area contributed by atoms with E-state index >= 15 is 0 Å². The molecule has 2 aliphatic rings. The van der Waals surface area contributed by atoms with Crippen molar-refractivity contribution < 1.29 is 9.47 Å². The molecule has 1 saturated heterocycles. The first-order valence-electron chi connectivity index (χ1n) is 8.64. The Hall–Kier alpha value is -2.27. The summed E-state index contributed by atoms with van der Waals surface area (Å²) < 4.78 is 11.3. The van der Waals surface area contributed by atoms with Crippen molar-refractivity contribution in [2.45, 2.75) is 25.4 Å². The SMILES string of the molecule is c1cncc(CN2CCCC(Nc3ccc4c(c3)OCCO4)C2)c1. The van der Waals surface area contributed by atoms with E-state index in [0.717, 1.165) is 36.8 Å². The number of piperidine rings is 1. The molecule has 0 bridgehead atoms. The van der Waals surface area contributed by atoms with Crippen LogP contribution in [0.2, 0.25) is 0 Å². The fraction of sp³-hybridized carbons (Fsp3) is 0.421. The number of hydrogen-bond donors (Lipinski definition) is 1. The third-order valence-corrected chi connectivity index (χ3v) is 4.55. The molecular weight excluding hydrogens is 302 g/mol. The van der Waals surface area contributed by atoms with Gasteiger partial charge in [-0.15, -0.1) is 0 Å². The van der Waals surface area contributed by atoms with E-state index < -0.39 is 0 Å². The highest BCUT2D eigenvalue weighted by Crippen LogP contribution is 2.33. The summed E-state index contributed by atoms with van der Waals surface area (Å²) in [4.78, 5) is 6.71. The summed E-state index contributed by atoms with van der Waals surface area (Å²) in [7, 11) is 0. The van der Waals surface area contributed by atoms with Crippen molar-refractivity contribution >= 4 is 5.69 Å². The average Bonchev–Trinajstić information content (AvgIpc) is 2.63. The molecule has 5 nitrogen and oxygen atoms in total. The molecule has 0 saturated carbocycles. The summed E-state index contributed by atoms with van der Waals surface area (Å²) >= 11 is 0. The van der Waals surface area contributed by atoms with Crippen LogP contribution < -0.4 is 14.8 Å². The van der Waals surface area contributed by atoms with Crippen molar-refractivity contribution in [2.75, 3.05) is 31.6 Å². The van der Waals surface area contributed by atoms with Gasteiger partial charge in [0.05, 0.1) is 0 Å². The molecule has 1 unspecified atom stereocenters. The molecule has 5 heteroatoms. The maximum absolute atomic E-state index is 5.67. The highest BCUT2D eigenvalue weighted by atomic mass is 16.6. The Bertz CT molecular complexity index is 678. The first-order valence-corrected chi connectivity index (χ1v) is 8.64. The second-order valence-corrected chi connectivity index (χ2v) is 6.44. The zero-order valence-corrected chi connectivity index (χ0v) is 13.8. The normalized spacial score (nSPS) is 20.6. The number of anilines is 1. The minimum atomic E-state index is 0.456. The Morgan fingerprint density at radius 1 is 1.17 bits per heavy atom. The lowest BCUT2D eigenvalue weighted by Crippen LogP contribution is -2.41. The van der Waals surface area contributed by atoms with Crippen LogP contribution in [0.1, 0.15) is 18.4 Å². The van der Waals surface area contributed by atoms with Gasteiger partial charge in [-0.3, -0.25) is 9.88 Å². The van der Waals surface area contributed by atoms with Crippen LogP contribution in [0, 0.1) is 0 Å². The quantitative estimate of drug-likeness (QED) is 0.936. The van der Waals surface area contributed by atoms with Gasteiger partial charge in [0.1, 0.15) is 13.2 Å². The first kappa shape index (κ1) is 15.3. The Morgan fingerprint density at radius 2 is 2.08 bits per heavy atom. The van der Waals surface area contributed by atoms with Gasteiger partial charge in [-0.1, -0.05) is 6.07 Å². The second-order valence-electron chi connectivity index (χ2n) is 6.44. The van der Waals surface area contributed by atoms with E-state index in [4.69, 9.17) is 9.47 Å². The van der Waals surface area contributed by atoms with Crippen LogP contribution in [0.25, 0.3) is 0 Å². The van der Waals surface area contributed by atoms with Gasteiger partial charge in [-0.05, 0) is 43.1 Å². The van der Waals surface area contributed by atoms with Crippen LogP contribution in [0.3, 0.4) is 0 Å². The molecule has 126 valence electrons. The van der Waals surface area contributed by atoms with Crippen LogP contribution in [0.4, 0.5) is 5.69 Å². The van der Waals surface area contributed by atoms with Crippen molar-refractivity contribution in [3.05, 3.63) is 48.3 Å². The molecule has 2 aliphatic heterocycles. The van der Waals surface area contributed by atoms with E-state index in [-0.39, 0.29) is 0 Å². The number of rotatable bonds is 4. The number of pyridine rings is 1. The Balaban J connectivity index is 1.38. The number of hydrogen-bond acceptors (Lipinski definition) is 5. The van der Waals surface area contributed by atoms with Crippen molar-refractivity contribution in [3.8, 4) is 11.5 Å². The minimum Gasteiger partial charge on any atom is -0.486 e. The van der Waals surface area contributed by atoms with E-state index in [1.54, 1.807) is 0 Å². The summed E-state index contributed by atoms with van der Waals surface area (Å²) in [5.74, 6) is 1.68. The molecule has 0 spiro atoms. The molecule has 3 heterocycles. The highest BCUT2D eigenvalue weighted by molar-refractivity contribution is 5.55. The predicted molar refractivity (Wildman–Crippen MR) is 93.6 cm³/mol. The van der Waals surface area contributed by atoms with Crippen molar-refractivity contribution in [2.24, 2.45) is 0 Å². The maximum Gasteiger partial charge on any atom is 0.163 e. The Morgan fingerprint density at radius 3 is 2.96 bits per heavy atom. The molecule has 0 aliphatic carbocycles.